The molecule has 3 aromatic rings. The summed E-state index contributed by atoms with van der Waals surface area (Å²) in [5.41, 5.74) is 4.31. The van der Waals surface area contributed by atoms with Crippen molar-refractivity contribution in [1.82, 2.24) is 9.97 Å². The van der Waals surface area contributed by atoms with Gasteiger partial charge in [0.2, 0.25) is 0 Å². The van der Waals surface area contributed by atoms with E-state index in [-0.39, 0.29) is 5.97 Å². The van der Waals surface area contributed by atoms with Crippen LogP contribution in [0, 0.1) is 0 Å². The van der Waals surface area contributed by atoms with Gasteiger partial charge in [-0.05, 0) is 42.5 Å². The highest BCUT2D eigenvalue weighted by molar-refractivity contribution is 5.73. The molecule has 168 valence electrons. The molecular formula is C28H34N2O2. The third-order valence-corrected chi connectivity index (χ3v) is 5.59. The van der Waals surface area contributed by atoms with Crippen molar-refractivity contribution in [1.29, 1.82) is 0 Å². The molecule has 0 spiro atoms. The van der Waals surface area contributed by atoms with Gasteiger partial charge >= 0.3 is 5.97 Å². The molecular weight excluding hydrogens is 396 g/mol. The van der Waals surface area contributed by atoms with E-state index in [2.05, 4.69) is 48.1 Å². The van der Waals surface area contributed by atoms with E-state index in [1.54, 1.807) is 0 Å². The Morgan fingerprint density at radius 2 is 1.34 bits per heavy atom. The number of hydrogen-bond donors (Lipinski definition) is 0. The van der Waals surface area contributed by atoms with Crippen LogP contribution in [0.4, 0.5) is 0 Å². The van der Waals surface area contributed by atoms with Gasteiger partial charge in [0.25, 0.3) is 0 Å². The Kier molecular flexibility index (Phi) is 9.42. The molecule has 0 unspecified atom stereocenters. The van der Waals surface area contributed by atoms with Crippen molar-refractivity contribution >= 4 is 5.97 Å². The molecule has 0 atom stereocenters. The molecule has 3 rings (SSSR count). The fourth-order valence-electron chi connectivity index (χ4n) is 3.62. The zero-order chi connectivity index (χ0) is 22.6. The maximum atomic E-state index is 11.9. The largest absolute Gasteiger partial charge is 0.427 e. The third kappa shape index (κ3) is 7.30. The molecule has 1 heterocycles. The van der Waals surface area contributed by atoms with E-state index < -0.39 is 0 Å². The number of benzene rings is 2. The number of rotatable bonds is 12. The van der Waals surface area contributed by atoms with Gasteiger partial charge < -0.3 is 4.74 Å². The highest BCUT2D eigenvalue weighted by Crippen LogP contribution is 2.24. The SMILES string of the molecule is CCCCCCC(=O)Oc1ccc(-c2cnc(-c3ccc(CCCCC)cc3)nc2)cc1. The van der Waals surface area contributed by atoms with E-state index in [0.717, 1.165) is 54.6 Å². The van der Waals surface area contributed by atoms with Gasteiger partial charge in [0.1, 0.15) is 5.75 Å². The van der Waals surface area contributed by atoms with Crippen LogP contribution in [-0.4, -0.2) is 15.9 Å². The molecule has 2 aromatic carbocycles. The molecule has 0 aliphatic heterocycles. The number of esters is 1. The smallest absolute Gasteiger partial charge is 0.311 e. The van der Waals surface area contributed by atoms with Gasteiger partial charge in [-0.3, -0.25) is 4.79 Å². The van der Waals surface area contributed by atoms with Gasteiger partial charge in [0, 0.05) is 29.9 Å². The Morgan fingerprint density at radius 3 is 2.00 bits per heavy atom. The lowest BCUT2D eigenvalue weighted by molar-refractivity contribution is -0.134. The summed E-state index contributed by atoms with van der Waals surface area (Å²) >= 11 is 0. The number of carbonyl (C=O) groups is 1. The molecule has 4 heteroatoms. The Labute approximate surface area is 192 Å². The lowest BCUT2D eigenvalue weighted by atomic mass is 10.0. The maximum Gasteiger partial charge on any atom is 0.311 e. The number of ether oxygens (including phenoxy) is 1. The molecule has 4 nitrogen and oxygen atoms in total. The number of nitrogens with zero attached hydrogens (tertiary/aromatic N) is 2. The maximum absolute atomic E-state index is 11.9. The summed E-state index contributed by atoms with van der Waals surface area (Å²) in [5, 5.41) is 0. The summed E-state index contributed by atoms with van der Waals surface area (Å²) in [5.74, 6) is 1.13. The van der Waals surface area contributed by atoms with Gasteiger partial charge in [-0.25, -0.2) is 9.97 Å². The third-order valence-electron chi connectivity index (χ3n) is 5.59. The van der Waals surface area contributed by atoms with Gasteiger partial charge in [0.05, 0.1) is 0 Å². The second-order valence-electron chi connectivity index (χ2n) is 8.26. The molecule has 0 saturated carbocycles. The first-order valence-electron chi connectivity index (χ1n) is 11.9. The minimum atomic E-state index is -0.169. The molecule has 1 aromatic heterocycles. The van der Waals surface area contributed by atoms with Gasteiger partial charge in [-0.15, -0.1) is 0 Å². The van der Waals surface area contributed by atoms with Crippen LogP contribution < -0.4 is 4.74 Å². The van der Waals surface area contributed by atoms with Crippen LogP contribution in [0.1, 0.15) is 70.8 Å². The molecule has 0 fully saturated rings. The minimum absolute atomic E-state index is 0.169. The molecule has 0 radical (unpaired) electrons. The van der Waals surface area contributed by atoms with Crippen molar-refractivity contribution in [2.45, 2.75) is 71.6 Å². The van der Waals surface area contributed by atoms with Gasteiger partial charge in [-0.1, -0.05) is 82.3 Å². The van der Waals surface area contributed by atoms with E-state index in [1.165, 1.54) is 24.8 Å². The normalized spacial score (nSPS) is 10.8. The summed E-state index contributed by atoms with van der Waals surface area (Å²) in [6.07, 6.45) is 13.3. The fraction of sp³-hybridized carbons (Fsp3) is 0.393. The van der Waals surface area contributed by atoms with Crippen LogP contribution in [0.2, 0.25) is 0 Å². The summed E-state index contributed by atoms with van der Waals surface area (Å²) in [4.78, 5) is 21.1. The molecule has 0 aliphatic carbocycles. The average Bonchev–Trinajstić information content (AvgIpc) is 2.83. The predicted molar refractivity (Wildman–Crippen MR) is 131 cm³/mol. The number of aromatic nitrogens is 2. The van der Waals surface area contributed by atoms with Gasteiger partial charge in [-0.2, -0.15) is 0 Å². The molecule has 0 amide bonds. The number of hydrogen-bond acceptors (Lipinski definition) is 4. The highest BCUT2D eigenvalue weighted by Gasteiger charge is 2.07. The zero-order valence-corrected chi connectivity index (χ0v) is 19.3. The second-order valence-corrected chi connectivity index (χ2v) is 8.26. The lowest BCUT2D eigenvalue weighted by Crippen LogP contribution is -2.07. The predicted octanol–water partition coefficient (Wildman–Crippen LogP) is 7.42. The lowest BCUT2D eigenvalue weighted by Gasteiger charge is -2.07. The molecule has 0 aliphatic rings. The van der Waals surface area contributed by atoms with E-state index in [0.29, 0.717) is 12.2 Å². The van der Waals surface area contributed by atoms with E-state index in [1.807, 2.05) is 36.7 Å². The van der Waals surface area contributed by atoms with Crippen molar-refractivity contribution in [3.8, 4) is 28.3 Å². The van der Waals surface area contributed by atoms with Crippen LogP contribution in [0.5, 0.6) is 5.75 Å². The first kappa shape index (κ1) is 23.6. The Morgan fingerprint density at radius 1 is 0.719 bits per heavy atom. The first-order valence-corrected chi connectivity index (χ1v) is 11.9. The molecule has 32 heavy (non-hydrogen) atoms. The van der Waals surface area contributed by atoms with Crippen LogP contribution in [0.25, 0.3) is 22.5 Å². The first-order chi connectivity index (χ1) is 15.7. The van der Waals surface area contributed by atoms with Crippen molar-refractivity contribution < 1.29 is 9.53 Å². The average molecular weight is 431 g/mol. The standard InChI is InChI=1S/C28H34N2O2/c1-3-5-7-9-11-27(31)32-26-18-16-23(17-19-26)25-20-29-28(30-21-25)24-14-12-22(13-15-24)10-8-6-4-2/h12-21H,3-11H2,1-2H3. The number of aryl methyl sites for hydroxylation is 1. The van der Waals surface area contributed by atoms with Gasteiger partial charge in [0.15, 0.2) is 5.82 Å². The summed E-state index contributed by atoms with van der Waals surface area (Å²) in [7, 11) is 0. The van der Waals surface area contributed by atoms with E-state index in [9.17, 15) is 4.79 Å². The minimum Gasteiger partial charge on any atom is -0.427 e. The summed E-state index contributed by atoms with van der Waals surface area (Å²) in [6, 6.07) is 16.1. The Hall–Kier alpha value is -3.01. The second kappa shape index (κ2) is 12.7. The Balaban J connectivity index is 1.56. The fourth-order valence-corrected chi connectivity index (χ4v) is 3.62. The topological polar surface area (TPSA) is 52.1 Å². The Bertz CT molecular complexity index is 948. The van der Waals surface area contributed by atoms with Crippen LogP contribution in [0.3, 0.4) is 0 Å². The van der Waals surface area contributed by atoms with Crippen LogP contribution in [0.15, 0.2) is 60.9 Å². The monoisotopic (exact) mass is 430 g/mol. The molecule has 0 saturated heterocycles. The van der Waals surface area contributed by atoms with E-state index in [4.69, 9.17) is 4.74 Å². The van der Waals surface area contributed by atoms with E-state index >= 15 is 0 Å². The quantitative estimate of drug-likeness (QED) is 0.170. The van der Waals surface area contributed by atoms with Crippen molar-refractivity contribution in [2.24, 2.45) is 0 Å². The zero-order valence-electron chi connectivity index (χ0n) is 19.3. The van der Waals surface area contributed by atoms with Crippen LogP contribution in [-0.2, 0) is 11.2 Å². The van der Waals surface area contributed by atoms with Crippen LogP contribution >= 0.6 is 0 Å². The van der Waals surface area contributed by atoms with Crippen molar-refractivity contribution in [3.63, 3.8) is 0 Å². The summed E-state index contributed by atoms with van der Waals surface area (Å²) in [6.45, 7) is 4.38. The molecule has 0 bridgehead atoms. The number of unbranched alkanes of at least 4 members (excludes halogenated alkanes) is 5. The molecule has 0 N–H and O–H groups in total. The summed E-state index contributed by atoms with van der Waals surface area (Å²) < 4.78 is 5.43. The van der Waals surface area contributed by atoms with Crippen molar-refractivity contribution in [3.05, 3.63) is 66.5 Å². The highest BCUT2D eigenvalue weighted by atomic mass is 16.5. The number of carbonyl (C=O) groups excluding carboxylic acids is 1. The van der Waals surface area contributed by atoms with Crippen molar-refractivity contribution in [2.75, 3.05) is 0 Å².